The molecule has 1 aliphatic heterocycles. The van der Waals surface area contributed by atoms with Gasteiger partial charge in [0.1, 0.15) is 5.54 Å². The second kappa shape index (κ2) is 4.72. The summed E-state index contributed by atoms with van der Waals surface area (Å²) in [7, 11) is 0. The smallest absolute Gasteiger partial charge is 0.110 e. The summed E-state index contributed by atoms with van der Waals surface area (Å²) in [6.07, 6.45) is 3.07. The second-order valence-corrected chi connectivity index (χ2v) is 4.29. The van der Waals surface area contributed by atoms with Gasteiger partial charge in [-0.05, 0) is 12.5 Å². The molecule has 0 fully saturated rings. The third-order valence-electron chi connectivity index (χ3n) is 3.35. The van der Waals surface area contributed by atoms with Crippen LogP contribution in [0.2, 0.25) is 0 Å². The number of aliphatic hydroxyl groups is 1. The van der Waals surface area contributed by atoms with Crippen LogP contribution < -0.4 is 0 Å². The first-order chi connectivity index (χ1) is 8.21. The van der Waals surface area contributed by atoms with Crippen LogP contribution >= 0.6 is 0 Å². The van der Waals surface area contributed by atoms with Gasteiger partial charge in [-0.25, -0.2) is 0 Å². The van der Waals surface area contributed by atoms with Crippen molar-refractivity contribution in [2.24, 2.45) is 4.99 Å². The van der Waals surface area contributed by atoms with Crippen molar-refractivity contribution >= 4 is 6.34 Å². The zero-order valence-corrected chi connectivity index (χ0v) is 10.1. The lowest BCUT2D eigenvalue weighted by atomic mass is 9.83. The molecule has 2 atom stereocenters. The van der Waals surface area contributed by atoms with Crippen molar-refractivity contribution in [2.45, 2.75) is 18.6 Å². The quantitative estimate of drug-likeness (QED) is 0.800. The zero-order valence-electron chi connectivity index (χ0n) is 10.1. The number of hydrogen-bond donors (Lipinski definition) is 1. The standard InChI is InChI=1S/C14H18N2O/c1-3-14(12(2)17,16-10-9-15-11-16)13-7-5-4-6-8-13/h3-8,11-12,17H,1,9-10H2,2H3. The highest BCUT2D eigenvalue weighted by atomic mass is 16.3. The molecule has 0 amide bonds. The highest BCUT2D eigenvalue weighted by Gasteiger charge is 2.40. The van der Waals surface area contributed by atoms with Crippen molar-refractivity contribution < 1.29 is 5.11 Å². The normalized spacial score (nSPS) is 20.0. The van der Waals surface area contributed by atoms with Crippen LogP contribution in [0.15, 0.2) is 48.0 Å². The molecule has 1 aromatic rings. The van der Waals surface area contributed by atoms with E-state index in [0.29, 0.717) is 0 Å². The van der Waals surface area contributed by atoms with Crippen LogP contribution in [-0.2, 0) is 5.54 Å². The second-order valence-electron chi connectivity index (χ2n) is 4.29. The third kappa shape index (κ3) is 1.87. The molecule has 3 nitrogen and oxygen atoms in total. The molecule has 2 rings (SSSR count). The lowest BCUT2D eigenvalue weighted by Gasteiger charge is -2.41. The zero-order chi connectivity index (χ0) is 12.3. The first-order valence-corrected chi connectivity index (χ1v) is 5.85. The monoisotopic (exact) mass is 230 g/mol. The van der Waals surface area contributed by atoms with E-state index in [1.165, 1.54) is 0 Å². The highest BCUT2D eigenvalue weighted by molar-refractivity contribution is 5.61. The molecule has 0 aromatic heterocycles. The summed E-state index contributed by atoms with van der Waals surface area (Å²) in [5.74, 6) is 0. The van der Waals surface area contributed by atoms with Crippen LogP contribution in [0.4, 0.5) is 0 Å². The van der Waals surface area contributed by atoms with Crippen molar-refractivity contribution in [3.63, 3.8) is 0 Å². The van der Waals surface area contributed by atoms with Gasteiger partial charge in [0.15, 0.2) is 0 Å². The number of rotatable bonds is 4. The van der Waals surface area contributed by atoms with E-state index in [-0.39, 0.29) is 0 Å². The Bertz CT molecular complexity index is 413. The first-order valence-electron chi connectivity index (χ1n) is 5.85. The van der Waals surface area contributed by atoms with Crippen LogP contribution in [0, 0.1) is 0 Å². The predicted molar refractivity (Wildman–Crippen MR) is 70.1 cm³/mol. The summed E-state index contributed by atoms with van der Waals surface area (Å²) in [5.41, 5.74) is 0.458. The average molecular weight is 230 g/mol. The van der Waals surface area contributed by atoms with Gasteiger partial charge >= 0.3 is 0 Å². The van der Waals surface area contributed by atoms with Gasteiger partial charge in [0, 0.05) is 6.54 Å². The molecule has 1 heterocycles. The maximum absolute atomic E-state index is 10.2. The number of hydrogen-bond acceptors (Lipinski definition) is 3. The van der Waals surface area contributed by atoms with Crippen LogP contribution in [-0.4, -0.2) is 35.5 Å². The predicted octanol–water partition coefficient (Wildman–Crippen LogP) is 1.79. The molecular formula is C14H18N2O. The Morgan fingerprint density at radius 3 is 2.65 bits per heavy atom. The number of aliphatic hydroxyl groups excluding tert-OH is 1. The lowest BCUT2D eigenvalue weighted by molar-refractivity contribution is 0.0533. The number of aliphatic imine (C=N–C) groups is 1. The number of nitrogens with zero attached hydrogens (tertiary/aromatic N) is 2. The van der Waals surface area contributed by atoms with Crippen LogP contribution in [0.5, 0.6) is 0 Å². The minimum atomic E-state index is -0.582. The summed E-state index contributed by atoms with van der Waals surface area (Å²) in [5, 5.41) is 10.2. The van der Waals surface area contributed by atoms with Crippen molar-refractivity contribution in [1.82, 2.24) is 4.90 Å². The summed E-state index contributed by atoms with van der Waals surface area (Å²) in [6.45, 7) is 7.29. The van der Waals surface area contributed by atoms with E-state index >= 15 is 0 Å². The molecular weight excluding hydrogens is 212 g/mol. The molecule has 90 valence electrons. The van der Waals surface area contributed by atoms with Crippen LogP contribution in [0.3, 0.4) is 0 Å². The van der Waals surface area contributed by atoms with Crippen molar-refractivity contribution in [2.75, 3.05) is 13.1 Å². The molecule has 1 aromatic carbocycles. The fourth-order valence-corrected chi connectivity index (χ4v) is 2.42. The van der Waals surface area contributed by atoms with Crippen LogP contribution in [0.1, 0.15) is 12.5 Å². The van der Waals surface area contributed by atoms with Crippen molar-refractivity contribution in [1.29, 1.82) is 0 Å². The van der Waals surface area contributed by atoms with E-state index in [4.69, 9.17) is 0 Å². The van der Waals surface area contributed by atoms with E-state index in [9.17, 15) is 5.11 Å². The fourth-order valence-electron chi connectivity index (χ4n) is 2.42. The SMILES string of the molecule is C=CC(c1ccccc1)(C(C)O)N1C=NCC1. The van der Waals surface area contributed by atoms with Gasteiger partial charge < -0.3 is 10.0 Å². The molecule has 17 heavy (non-hydrogen) atoms. The van der Waals surface area contributed by atoms with Crippen molar-refractivity contribution in [3.8, 4) is 0 Å². The topological polar surface area (TPSA) is 35.8 Å². The Labute approximate surface area is 102 Å². The maximum atomic E-state index is 10.2. The molecule has 0 saturated heterocycles. The molecule has 0 bridgehead atoms. The largest absolute Gasteiger partial charge is 0.390 e. The van der Waals surface area contributed by atoms with Gasteiger partial charge in [-0.2, -0.15) is 0 Å². The molecule has 0 aliphatic carbocycles. The molecule has 1 N–H and O–H groups in total. The Balaban J connectivity index is 2.49. The summed E-state index contributed by atoms with van der Waals surface area (Å²) >= 11 is 0. The lowest BCUT2D eigenvalue weighted by Crippen LogP contribution is -2.50. The minimum Gasteiger partial charge on any atom is -0.390 e. The van der Waals surface area contributed by atoms with Gasteiger partial charge in [0.05, 0.1) is 19.0 Å². The summed E-state index contributed by atoms with van der Waals surface area (Å²) in [6, 6.07) is 9.95. The molecule has 0 saturated carbocycles. The Morgan fingerprint density at radius 1 is 1.47 bits per heavy atom. The molecule has 0 radical (unpaired) electrons. The van der Waals surface area contributed by atoms with Gasteiger partial charge in [-0.1, -0.05) is 36.4 Å². The fraction of sp³-hybridized carbons (Fsp3) is 0.357. The molecule has 0 spiro atoms. The van der Waals surface area contributed by atoms with Gasteiger partial charge in [0.2, 0.25) is 0 Å². The maximum Gasteiger partial charge on any atom is 0.110 e. The van der Waals surface area contributed by atoms with Crippen LogP contribution in [0.25, 0.3) is 0 Å². The molecule has 1 aliphatic rings. The Morgan fingerprint density at radius 2 is 2.18 bits per heavy atom. The Kier molecular flexibility index (Phi) is 3.29. The Hall–Kier alpha value is -1.61. The molecule has 2 unspecified atom stereocenters. The summed E-state index contributed by atoms with van der Waals surface area (Å²) < 4.78 is 0. The van der Waals surface area contributed by atoms with E-state index in [2.05, 4.69) is 16.5 Å². The molecule has 3 heteroatoms. The van der Waals surface area contributed by atoms with E-state index in [0.717, 1.165) is 18.7 Å². The van der Waals surface area contributed by atoms with Crippen molar-refractivity contribution in [3.05, 3.63) is 48.6 Å². The number of benzene rings is 1. The van der Waals surface area contributed by atoms with Gasteiger partial charge in [0.25, 0.3) is 0 Å². The highest BCUT2D eigenvalue weighted by Crippen LogP contribution is 2.33. The van der Waals surface area contributed by atoms with E-state index in [1.807, 2.05) is 36.4 Å². The first kappa shape index (κ1) is 11.9. The van der Waals surface area contributed by atoms with E-state index < -0.39 is 11.6 Å². The van der Waals surface area contributed by atoms with Gasteiger partial charge in [-0.15, -0.1) is 6.58 Å². The summed E-state index contributed by atoms with van der Waals surface area (Å²) in [4.78, 5) is 6.28. The average Bonchev–Trinajstić information content (AvgIpc) is 2.86. The third-order valence-corrected chi connectivity index (χ3v) is 3.35. The van der Waals surface area contributed by atoms with E-state index in [1.54, 1.807) is 13.3 Å². The minimum absolute atomic E-state index is 0.549. The van der Waals surface area contributed by atoms with Gasteiger partial charge in [-0.3, -0.25) is 4.99 Å².